The number of hydrogen-bond acceptors (Lipinski definition) is 4. The normalized spacial score (nSPS) is 15.3. The maximum absolute atomic E-state index is 14.0. The van der Waals surface area contributed by atoms with Crippen LogP contribution in [0.5, 0.6) is 0 Å². The van der Waals surface area contributed by atoms with Crippen LogP contribution in [0, 0.1) is 6.42 Å². The van der Waals surface area contributed by atoms with Gasteiger partial charge in [-0.2, -0.15) is 13.2 Å². The first-order valence-electron chi connectivity index (χ1n) is 13.4. The van der Waals surface area contributed by atoms with E-state index in [0.29, 0.717) is 17.8 Å². The predicted octanol–water partition coefficient (Wildman–Crippen LogP) is 6.86. The molecule has 2 aliphatic rings. The maximum Gasteiger partial charge on any atom is 0.418 e. The highest BCUT2D eigenvalue weighted by molar-refractivity contribution is 5.82. The third kappa shape index (κ3) is 5.28. The lowest BCUT2D eigenvalue weighted by Crippen LogP contribution is -2.30. The van der Waals surface area contributed by atoms with Crippen LogP contribution in [0.15, 0.2) is 72.9 Å². The van der Waals surface area contributed by atoms with Crippen molar-refractivity contribution in [3.05, 3.63) is 119 Å². The molecule has 0 bridgehead atoms. The van der Waals surface area contributed by atoms with Gasteiger partial charge in [0, 0.05) is 62.3 Å². The SMILES string of the molecule is C[CH]c1ccc(C(F)(F)F)c(-c2cccc3c2N(Cc2ccc4c(c2)CCN(Cc2ccccn2)C4)CC3)n1. The summed E-state index contributed by atoms with van der Waals surface area (Å²) in [5.41, 5.74) is 7.24. The Labute approximate surface area is 227 Å². The highest BCUT2D eigenvalue weighted by atomic mass is 19.4. The van der Waals surface area contributed by atoms with Crippen molar-refractivity contribution in [3.8, 4) is 11.3 Å². The fraction of sp³-hybridized carbons (Fsp3) is 0.281. The maximum atomic E-state index is 14.0. The smallest absolute Gasteiger partial charge is 0.366 e. The molecule has 6 rings (SSSR count). The first kappa shape index (κ1) is 25.6. The van der Waals surface area contributed by atoms with Crippen molar-refractivity contribution in [2.75, 3.05) is 18.0 Å². The molecule has 0 saturated heterocycles. The van der Waals surface area contributed by atoms with Gasteiger partial charge in [-0.05, 0) is 59.4 Å². The van der Waals surface area contributed by atoms with Crippen LogP contribution in [0.4, 0.5) is 18.9 Å². The largest absolute Gasteiger partial charge is 0.418 e. The lowest BCUT2D eigenvalue weighted by Gasteiger charge is -2.29. The number of alkyl halides is 3. The second-order valence-electron chi connectivity index (χ2n) is 10.3. The average molecular weight is 528 g/mol. The molecule has 2 aliphatic heterocycles. The fourth-order valence-electron chi connectivity index (χ4n) is 5.79. The molecule has 0 spiro atoms. The Morgan fingerprint density at radius 2 is 1.74 bits per heavy atom. The van der Waals surface area contributed by atoms with Gasteiger partial charge in [-0.25, -0.2) is 0 Å². The number of aromatic nitrogens is 2. The molecular weight excluding hydrogens is 497 g/mol. The molecule has 0 aliphatic carbocycles. The molecule has 2 aromatic carbocycles. The summed E-state index contributed by atoms with van der Waals surface area (Å²) in [6.45, 7) is 5.90. The molecule has 2 aromatic heterocycles. The van der Waals surface area contributed by atoms with Crippen LogP contribution in [-0.2, 0) is 38.7 Å². The Morgan fingerprint density at radius 3 is 2.54 bits per heavy atom. The van der Waals surface area contributed by atoms with Crippen LogP contribution < -0.4 is 4.90 Å². The van der Waals surface area contributed by atoms with E-state index in [1.54, 1.807) is 19.4 Å². The summed E-state index contributed by atoms with van der Waals surface area (Å²) in [6, 6.07) is 20.9. The van der Waals surface area contributed by atoms with E-state index >= 15 is 0 Å². The third-order valence-corrected chi connectivity index (χ3v) is 7.71. The van der Waals surface area contributed by atoms with Crippen molar-refractivity contribution in [2.24, 2.45) is 0 Å². The number of para-hydroxylation sites is 1. The van der Waals surface area contributed by atoms with Crippen LogP contribution in [0.2, 0.25) is 0 Å². The second-order valence-corrected chi connectivity index (χ2v) is 10.3. The Kier molecular flexibility index (Phi) is 6.85. The van der Waals surface area contributed by atoms with Gasteiger partial charge in [0.2, 0.25) is 0 Å². The summed E-state index contributed by atoms with van der Waals surface area (Å²) in [6.07, 6.45) is 0.855. The summed E-state index contributed by atoms with van der Waals surface area (Å²) in [5.74, 6) is 0. The molecular formula is C32H30F3N4. The zero-order valence-corrected chi connectivity index (χ0v) is 21.9. The van der Waals surface area contributed by atoms with Crippen molar-refractivity contribution < 1.29 is 13.2 Å². The number of pyridine rings is 2. The van der Waals surface area contributed by atoms with E-state index in [-0.39, 0.29) is 5.69 Å². The molecule has 0 fully saturated rings. The number of nitrogens with zero attached hydrogens (tertiary/aromatic N) is 4. The van der Waals surface area contributed by atoms with Crippen LogP contribution >= 0.6 is 0 Å². The number of hydrogen-bond donors (Lipinski definition) is 0. The molecule has 1 radical (unpaired) electrons. The van der Waals surface area contributed by atoms with E-state index in [4.69, 9.17) is 0 Å². The molecule has 4 aromatic rings. The van der Waals surface area contributed by atoms with Crippen molar-refractivity contribution in [1.82, 2.24) is 14.9 Å². The number of benzene rings is 2. The quantitative estimate of drug-likeness (QED) is 0.274. The van der Waals surface area contributed by atoms with Gasteiger partial charge in [-0.1, -0.05) is 49.4 Å². The minimum atomic E-state index is -4.48. The molecule has 39 heavy (non-hydrogen) atoms. The van der Waals surface area contributed by atoms with Crippen molar-refractivity contribution in [2.45, 2.75) is 45.6 Å². The number of rotatable bonds is 6. The van der Waals surface area contributed by atoms with Gasteiger partial charge < -0.3 is 4.90 Å². The molecule has 4 nitrogen and oxygen atoms in total. The van der Waals surface area contributed by atoms with E-state index in [0.717, 1.165) is 62.0 Å². The highest BCUT2D eigenvalue weighted by Gasteiger charge is 2.36. The Hall–Kier alpha value is -3.71. The van der Waals surface area contributed by atoms with Crippen LogP contribution in [0.1, 0.15) is 46.1 Å². The lowest BCUT2D eigenvalue weighted by molar-refractivity contribution is -0.137. The van der Waals surface area contributed by atoms with Gasteiger partial charge in [0.1, 0.15) is 0 Å². The van der Waals surface area contributed by atoms with Gasteiger partial charge in [0.25, 0.3) is 0 Å². The summed E-state index contributed by atoms with van der Waals surface area (Å²) < 4.78 is 42.0. The molecule has 199 valence electrons. The minimum absolute atomic E-state index is 0.000267. The Balaban J connectivity index is 1.26. The topological polar surface area (TPSA) is 32.3 Å². The molecule has 0 N–H and O–H groups in total. The van der Waals surface area contributed by atoms with Crippen LogP contribution in [0.25, 0.3) is 11.3 Å². The van der Waals surface area contributed by atoms with Gasteiger partial charge in [-0.15, -0.1) is 0 Å². The summed E-state index contributed by atoms with van der Waals surface area (Å²) in [4.78, 5) is 13.5. The van der Waals surface area contributed by atoms with Gasteiger partial charge in [0.05, 0.1) is 17.0 Å². The molecule has 0 unspecified atom stereocenters. The summed E-state index contributed by atoms with van der Waals surface area (Å²) in [5, 5.41) is 0. The van der Waals surface area contributed by atoms with E-state index in [9.17, 15) is 13.2 Å². The molecule has 0 amide bonds. The highest BCUT2D eigenvalue weighted by Crippen LogP contribution is 2.43. The van der Waals surface area contributed by atoms with Crippen molar-refractivity contribution >= 4 is 5.69 Å². The molecule has 0 atom stereocenters. The lowest BCUT2D eigenvalue weighted by atomic mass is 9.96. The zero-order chi connectivity index (χ0) is 27.0. The second kappa shape index (κ2) is 10.5. The van der Waals surface area contributed by atoms with Gasteiger partial charge in [-0.3, -0.25) is 14.9 Å². The average Bonchev–Trinajstić information content (AvgIpc) is 3.35. The molecule has 4 heterocycles. The fourth-order valence-corrected chi connectivity index (χ4v) is 5.79. The molecule has 0 saturated carbocycles. The summed E-state index contributed by atoms with van der Waals surface area (Å²) in [7, 11) is 0. The third-order valence-electron chi connectivity index (χ3n) is 7.71. The standard InChI is InChI=1S/C32H30F3N4/c1-2-26-11-12-29(32(33,34)35)30(37-26)28-8-5-6-23-14-17-39(31(23)28)19-22-9-10-25-20-38(16-13-24(25)18-22)21-27-7-3-4-15-36-27/h2-12,15,18H,13-14,16-17,19-21H2,1H3. The van der Waals surface area contributed by atoms with E-state index in [1.165, 1.54) is 22.8 Å². The Bertz CT molecular complexity index is 1480. The van der Waals surface area contributed by atoms with Crippen molar-refractivity contribution in [3.63, 3.8) is 0 Å². The van der Waals surface area contributed by atoms with Gasteiger partial charge >= 0.3 is 6.18 Å². The van der Waals surface area contributed by atoms with E-state index < -0.39 is 11.7 Å². The number of anilines is 1. The van der Waals surface area contributed by atoms with Crippen molar-refractivity contribution in [1.29, 1.82) is 0 Å². The number of halogens is 3. The molecule has 7 heteroatoms. The first-order chi connectivity index (χ1) is 18.9. The zero-order valence-electron chi connectivity index (χ0n) is 21.9. The minimum Gasteiger partial charge on any atom is -0.366 e. The predicted molar refractivity (Wildman–Crippen MR) is 147 cm³/mol. The monoisotopic (exact) mass is 527 g/mol. The van der Waals surface area contributed by atoms with E-state index in [2.05, 4.69) is 44.0 Å². The van der Waals surface area contributed by atoms with Gasteiger partial charge in [0.15, 0.2) is 0 Å². The first-order valence-corrected chi connectivity index (χ1v) is 13.4. The number of fused-ring (bicyclic) bond motifs is 2. The van der Waals surface area contributed by atoms with Crippen LogP contribution in [-0.4, -0.2) is 28.0 Å². The van der Waals surface area contributed by atoms with E-state index in [1.807, 2.05) is 30.5 Å². The van der Waals surface area contributed by atoms with Crippen LogP contribution in [0.3, 0.4) is 0 Å². The summed E-state index contributed by atoms with van der Waals surface area (Å²) >= 11 is 0. The Morgan fingerprint density at radius 1 is 0.872 bits per heavy atom.